The minimum Gasteiger partial charge on any atom is -0.436 e. The SMILES string of the molecule is O=C(Nc1cccc(-c2nc3ccccc3o2)c1)c1ccc(Cl)c(Cl)c1. The summed E-state index contributed by atoms with van der Waals surface area (Å²) >= 11 is 11.9. The molecule has 128 valence electrons. The van der Waals surface area contributed by atoms with Crippen LogP contribution in [0.3, 0.4) is 0 Å². The second kappa shape index (κ2) is 6.83. The van der Waals surface area contributed by atoms with E-state index in [-0.39, 0.29) is 5.91 Å². The normalized spacial score (nSPS) is 10.8. The highest BCUT2D eigenvalue weighted by molar-refractivity contribution is 6.42. The molecule has 0 aliphatic carbocycles. The Labute approximate surface area is 159 Å². The van der Waals surface area contributed by atoms with E-state index in [9.17, 15) is 4.79 Å². The van der Waals surface area contributed by atoms with Crippen LogP contribution in [0, 0.1) is 0 Å². The van der Waals surface area contributed by atoms with Gasteiger partial charge in [-0.1, -0.05) is 41.4 Å². The van der Waals surface area contributed by atoms with Crippen molar-refractivity contribution in [3.8, 4) is 11.5 Å². The van der Waals surface area contributed by atoms with Gasteiger partial charge in [-0.15, -0.1) is 0 Å². The zero-order valence-electron chi connectivity index (χ0n) is 13.4. The van der Waals surface area contributed by atoms with Crippen LogP contribution in [-0.4, -0.2) is 10.9 Å². The average Bonchev–Trinajstić information content (AvgIpc) is 3.08. The van der Waals surface area contributed by atoms with Gasteiger partial charge in [0.25, 0.3) is 5.91 Å². The van der Waals surface area contributed by atoms with Gasteiger partial charge in [0, 0.05) is 16.8 Å². The fourth-order valence-corrected chi connectivity index (χ4v) is 2.86. The first kappa shape index (κ1) is 16.6. The molecule has 4 aromatic rings. The van der Waals surface area contributed by atoms with Crippen LogP contribution in [0.15, 0.2) is 71.1 Å². The van der Waals surface area contributed by atoms with Gasteiger partial charge < -0.3 is 9.73 Å². The molecule has 0 aliphatic rings. The van der Waals surface area contributed by atoms with E-state index in [0.717, 1.165) is 11.1 Å². The number of benzene rings is 3. The van der Waals surface area contributed by atoms with Gasteiger partial charge in [-0.3, -0.25) is 4.79 Å². The molecule has 0 saturated heterocycles. The van der Waals surface area contributed by atoms with Crippen molar-refractivity contribution in [1.29, 1.82) is 0 Å². The standard InChI is InChI=1S/C20H12Cl2N2O2/c21-15-9-8-12(11-16(15)22)19(25)23-14-5-3-4-13(10-14)20-24-17-6-1-2-7-18(17)26-20/h1-11H,(H,23,25). The van der Waals surface area contributed by atoms with Crippen LogP contribution in [0.25, 0.3) is 22.6 Å². The molecule has 0 aliphatic heterocycles. The minimum atomic E-state index is -0.279. The summed E-state index contributed by atoms with van der Waals surface area (Å²) < 4.78 is 5.77. The lowest BCUT2D eigenvalue weighted by Gasteiger charge is -2.07. The maximum absolute atomic E-state index is 12.4. The van der Waals surface area contributed by atoms with Gasteiger partial charge in [0.2, 0.25) is 5.89 Å². The highest BCUT2D eigenvalue weighted by Crippen LogP contribution is 2.27. The van der Waals surface area contributed by atoms with Crippen molar-refractivity contribution >= 4 is 45.9 Å². The van der Waals surface area contributed by atoms with Crippen molar-refractivity contribution in [3.63, 3.8) is 0 Å². The number of rotatable bonds is 3. The predicted octanol–water partition coefficient (Wildman–Crippen LogP) is 6.05. The van der Waals surface area contributed by atoms with Gasteiger partial charge in [0.1, 0.15) is 5.52 Å². The van der Waals surface area contributed by atoms with Crippen LogP contribution in [0.1, 0.15) is 10.4 Å². The zero-order chi connectivity index (χ0) is 18.1. The van der Waals surface area contributed by atoms with E-state index in [1.54, 1.807) is 24.3 Å². The van der Waals surface area contributed by atoms with Crippen LogP contribution < -0.4 is 5.32 Å². The number of carbonyl (C=O) groups excluding carboxylic acids is 1. The molecule has 6 heteroatoms. The molecule has 4 rings (SSSR count). The summed E-state index contributed by atoms with van der Waals surface area (Å²) in [6.07, 6.45) is 0. The lowest BCUT2D eigenvalue weighted by Crippen LogP contribution is -2.11. The fourth-order valence-electron chi connectivity index (χ4n) is 2.57. The lowest BCUT2D eigenvalue weighted by atomic mass is 10.1. The summed E-state index contributed by atoms with van der Waals surface area (Å²) in [4.78, 5) is 16.9. The number of carbonyl (C=O) groups is 1. The van der Waals surface area contributed by atoms with Crippen molar-refractivity contribution in [2.45, 2.75) is 0 Å². The number of anilines is 1. The van der Waals surface area contributed by atoms with Crippen LogP contribution in [-0.2, 0) is 0 Å². The van der Waals surface area contributed by atoms with E-state index >= 15 is 0 Å². The molecule has 0 fully saturated rings. The third-order valence-electron chi connectivity index (χ3n) is 3.84. The molecule has 1 amide bonds. The first-order valence-electron chi connectivity index (χ1n) is 7.82. The van der Waals surface area contributed by atoms with E-state index in [1.165, 1.54) is 6.07 Å². The number of para-hydroxylation sites is 2. The second-order valence-corrected chi connectivity index (χ2v) is 6.46. The molecule has 1 heterocycles. The summed E-state index contributed by atoms with van der Waals surface area (Å²) in [5.41, 5.74) is 3.32. The Bertz CT molecular complexity index is 1090. The van der Waals surface area contributed by atoms with Crippen molar-refractivity contribution in [3.05, 3.63) is 82.3 Å². The number of halogens is 2. The number of hydrogen-bond donors (Lipinski definition) is 1. The van der Waals surface area contributed by atoms with E-state index in [2.05, 4.69) is 10.3 Å². The minimum absolute atomic E-state index is 0.279. The van der Waals surface area contributed by atoms with Crippen molar-refractivity contribution in [2.24, 2.45) is 0 Å². The molecular weight excluding hydrogens is 371 g/mol. The number of oxazole rings is 1. The number of fused-ring (bicyclic) bond motifs is 1. The zero-order valence-corrected chi connectivity index (χ0v) is 14.9. The molecular formula is C20H12Cl2N2O2. The highest BCUT2D eigenvalue weighted by Gasteiger charge is 2.11. The first-order valence-corrected chi connectivity index (χ1v) is 8.58. The molecule has 0 spiro atoms. The Kier molecular flexibility index (Phi) is 4.37. The van der Waals surface area contributed by atoms with E-state index in [4.69, 9.17) is 27.6 Å². The molecule has 0 bridgehead atoms. The number of hydrogen-bond acceptors (Lipinski definition) is 3. The number of amides is 1. The second-order valence-electron chi connectivity index (χ2n) is 5.65. The van der Waals surface area contributed by atoms with Crippen LogP contribution >= 0.6 is 23.2 Å². The van der Waals surface area contributed by atoms with Gasteiger partial charge in [-0.25, -0.2) is 4.98 Å². The Balaban J connectivity index is 1.61. The number of nitrogens with one attached hydrogen (secondary N) is 1. The van der Waals surface area contributed by atoms with E-state index in [0.29, 0.717) is 32.8 Å². The monoisotopic (exact) mass is 382 g/mol. The lowest BCUT2D eigenvalue weighted by molar-refractivity contribution is 0.102. The van der Waals surface area contributed by atoms with Gasteiger partial charge in [0.05, 0.1) is 10.0 Å². The molecule has 0 saturated carbocycles. The number of aromatic nitrogens is 1. The fraction of sp³-hybridized carbons (Fsp3) is 0. The van der Waals surface area contributed by atoms with E-state index in [1.807, 2.05) is 36.4 Å². The first-order chi connectivity index (χ1) is 12.6. The van der Waals surface area contributed by atoms with Crippen molar-refractivity contribution < 1.29 is 9.21 Å². The molecule has 26 heavy (non-hydrogen) atoms. The summed E-state index contributed by atoms with van der Waals surface area (Å²) in [5.74, 6) is 0.218. The van der Waals surface area contributed by atoms with Crippen molar-refractivity contribution in [2.75, 3.05) is 5.32 Å². The molecule has 1 N–H and O–H groups in total. The molecule has 4 nitrogen and oxygen atoms in total. The van der Waals surface area contributed by atoms with Gasteiger partial charge in [0.15, 0.2) is 5.58 Å². The summed E-state index contributed by atoms with van der Waals surface area (Å²) in [7, 11) is 0. The summed E-state index contributed by atoms with van der Waals surface area (Å²) in [6, 6.07) is 19.6. The van der Waals surface area contributed by atoms with Crippen LogP contribution in [0.4, 0.5) is 5.69 Å². The topological polar surface area (TPSA) is 55.1 Å². The maximum atomic E-state index is 12.4. The Morgan fingerprint density at radius 1 is 0.923 bits per heavy atom. The highest BCUT2D eigenvalue weighted by atomic mass is 35.5. The molecule has 1 aromatic heterocycles. The largest absolute Gasteiger partial charge is 0.436 e. The Hall–Kier alpha value is -2.82. The summed E-state index contributed by atoms with van der Waals surface area (Å²) in [5, 5.41) is 3.58. The predicted molar refractivity (Wildman–Crippen MR) is 104 cm³/mol. The van der Waals surface area contributed by atoms with Gasteiger partial charge >= 0.3 is 0 Å². The molecule has 0 unspecified atom stereocenters. The van der Waals surface area contributed by atoms with E-state index < -0.39 is 0 Å². The van der Waals surface area contributed by atoms with Crippen LogP contribution in [0.2, 0.25) is 10.0 Å². The third kappa shape index (κ3) is 3.29. The molecule has 0 atom stereocenters. The number of nitrogens with zero attached hydrogens (tertiary/aromatic N) is 1. The quantitative estimate of drug-likeness (QED) is 0.468. The van der Waals surface area contributed by atoms with Crippen LogP contribution in [0.5, 0.6) is 0 Å². The van der Waals surface area contributed by atoms with Gasteiger partial charge in [-0.05, 0) is 48.5 Å². The molecule has 3 aromatic carbocycles. The Morgan fingerprint density at radius 2 is 1.77 bits per heavy atom. The molecule has 0 radical (unpaired) electrons. The van der Waals surface area contributed by atoms with Crippen molar-refractivity contribution in [1.82, 2.24) is 4.98 Å². The smallest absolute Gasteiger partial charge is 0.255 e. The maximum Gasteiger partial charge on any atom is 0.255 e. The van der Waals surface area contributed by atoms with Gasteiger partial charge in [-0.2, -0.15) is 0 Å². The Morgan fingerprint density at radius 3 is 2.58 bits per heavy atom. The summed E-state index contributed by atoms with van der Waals surface area (Å²) in [6.45, 7) is 0. The average molecular weight is 383 g/mol. The third-order valence-corrected chi connectivity index (χ3v) is 4.58.